The third-order valence-corrected chi connectivity index (χ3v) is 5.03. The van der Waals surface area contributed by atoms with Crippen molar-refractivity contribution in [2.45, 2.75) is 39.4 Å². The summed E-state index contributed by atoms with van der Waals surface area (Å²) in [6.45, 7) is 11.1. The van der Waals surface area contributed by atoms with Crippen LogP contribution in [0.25, 0.3) is 11.0 Å². The van der Waals surface area contributed by atoms with Crippen molar-refractivity contribution in [3.8, 4) is 0 Å². The summed E-state index contributed by atoms with van der Waals surface area (Å²) in [4.78, 5) is 22.2. The van der Waals surface area contributed by atoms with Gasteiger partial charge in [0.05, 0.1) is 24.9 Å². The fourth-order valence-electron chi connectivity index (χ4n) is 3.53. The smallest absolute Gasteiger partial charge is 0.263 e. The first-order valence-electron chi connectivity index (χ1n) is 10.0. The Hall–Kier alpha value is -2.71. The SMILES string of the molecule is CC(C)(C)n1ncc2c(=O)[nH]c(NCc3cccc(CN4CCOCC4)c3)nc21. The van der Waals surface area contributed by atoms with Crippen LogP contribution < -0.4 is 10.9 Å². The number of hydrogen-bond donors (Lipinski definition) is 2. The van der Waals surface area contributed by atoms with Gasteiger partial charge in [-0.2, -0.15) is 10.1 Å². The Morgan fingerprint density at radius 2 is 1.97 bits per heavy atom. The van der Waals surface area contributed by atoms with Crippen LogP contribution in [0.5, 0.6) is 0 Å². The summed E-state index contributed by atoms with van der Waals surface area (Å²) in [5.41, 5.74) is 2.56. The molecule has 29 heavy (non-hydrogen) atoms. The number of aromatic amines is 1. The molecule has 8 heteroatoms. The molecular weight excluding hydrogens is 368 g/mol. The highest BCUT2D eigenvalue weighted by molar-refractivity contribution is 5.74. The van der Waals surface area contributed by atoms with Crippen molar-refractivity contribution in [2.24, 2.45) is 0 Å². The molecule has 0 atom stereocenters. The molecule has 1 aromatic carbocycles. The summed E-state index contributed by atoms with van der Waals surface area (Å²) in [5.74, 6) is 0.451. The topological polar surface area (TPSA) is 88.1 Å². The molecule has 8 nitrogen and oxygen atoms in total. The van der Waals surface area contributed by atoms with Gasteiger partial charge in [0.1, 0.15) is 5.39 Å². The number of fused-ring (bicyclic) bond motifs is 1. The van der Waals surface area contributed by atoms with Gasteiger partial charge in [-0.1, -0.05) is 24.3 Å². The zero-order valence-electron chi connectivity index (χ0n) is 17.2. The van der Waals surface area contributed by atoms with Crippen LogP contribution in [0.15, 0.2) is 35.3 Å². The van der Waals surface area contributed by atoms with E-state index in [1.807, 2.05) is 20.8 Å². The summed E-state index contributed by atoms with van der Waals surface area (Å²) in [7, 11) is 0. The van der Waals surface area contributed by atoms with Gasteiger partial charge in [0.25, 0.3) is 5.56 Å². The first kappa shape index (κ1) is 19.6. The van der Waals surface area contributed by atoms with E-state index in [1.54, 1.807) is 10.9 Å². The lowest BCUT2D eigenvalue weighted by molar-refractivity contribution is 0.0342. The molecule has 0 saturated carbocycles. The van der Waals surface area contributed by atoms with E-state index >= 15 is 0 Å². The van der Waals surface area contributed by atoms with Crippen LogP contribution in [0.1, 0.15) is 31.9 Å². The molecule has 1 aliphatic heterocycles. The molecule has 1 aliphatic rings. The van der Waals surface area contributed by atoms with Gasteiger partial charge in [0, 0.05) is 26.2 Å². The lowest BCUT2D eigenvalue weighted by Crippen LogP contribution is -2.35. The van der Waals surface area contributed by atoms with Gasteiger partial charge >= 0.3 is 0 Å². The maximum atomic E-state index is 12.4. The van der Waals surface area contributed by atoms with Gasteiger partial charge in [0.15, 0.2) is 5.65 Å². The van der Waals surface area contributed by atoms with Gasteiger partial charge < -0.3 is 10.1 Å². The Balaban J connectivity index is 1.49. The first-order valence-corrected chi connectivity index (χ1v) is 10.0. The molecule has 154 valence electrons. The Labute approximate surface area is 169 Å². The van der Waals surface area contributed by atoms with Gasteiger partial charge in [-0.3, -0.25) is 14.7 Å². The van der Waals surface area contributed by atoms with Crippen molar-refractivity contribution in [3.63, 3.8) is 0 Å². The Bertz CT molecular complexity index is 1040. The number of ether oxygens (including phenoxy) is 1. The first-order chi connectivity index (χ1) is 13.9. The van der Waals surface area contributed by atoms with Gasteiger partial charge in [-0.05, 0) is 31.9 Å². The van der Waals surface area contributed by atoms with Crippen molar-refractivity contribution in [1.29, 1.82) is 0 Å². The van der Waals surface area contributed by atoms with Gasteiger partial charge in [0.2, 0.25) is 5.95 Å². The van der Waals surface area contributed by atoms with Crippen molar-refractivity contribution in [2.75, 3.05) is 31.6 Å². The normalized spacial score (nSPS) is 15.7. The number of aromatic nitrogens is 4. The van der Waals surface area contributed by atoms with Gasteiger partial charge in [-0.15, -0.1) is 0 Å². The average Bonchev–Trinajstić information content (AvgIpc) is 3.13. The highest BCUT2D eigenvalue weighted by Gasteiger charge is 2.20. The summed E-state index contributed by atoms with van der Waals surface area (Å²) >= 11 is 0. The molecular formula is C21H28N6O2. The Morgan fingerprint density at radius 3 is 2.72 bits per heavy atom. The van der Waals surface area contributed by atoms with Crippen LogP contribution in [-0.2, 0) is 23.4 Å². The number of H-pyrrole nitrogens is 1. The number of hydrogen-bond acceptors (Lipinski definition) is 6. The highest BCUT2D eigenvalue weighted by atomic mass is 16.5. The largest absolute Gasteiger partial charge is 0.379 e. The molecule has 0 spiro atoms. The molecule has 0 unspecified atom stereocenters. The predicted octanol–water partition coefficient (Wildman–Crippen LogP) is 2.32. The second-order valence-electron chi connectivity index (χ2n) is 8.44. The summed E-state index contributed by atoms with van der Waals surface area (Å²) < 4.78 is 7.20. The zero-order valence-corrected chi connectivity index (χ0v) is 17.2. The summed E-state index contributed by atoms with van der Waals surface area (Å²) in [6, 6.07) is 8.48. The molecule has 0 bridgehead atoms. The average molecular weight is 396 g/mol. The predicted molar refractivity (Wildman–Crippen MR) is 113 cm³/mol. The molecule has 0 amide bonds. The van der Waals surface area contributed by atoms with Crippen LogP contribution in [-0.4, -0.2) is 51.0 Å². The maximum Gasteiger partial charge on any atom is 0.263 e. The maximum absolute atomic E-state index is 12.4. The molecule has 0 radical (unpaired) electrons. The Kier molecular flexibility index (Phi) is 5.38. The second kappa shape index (κ2) is 7.96. The van der Waals surface area contributed by atoms with E-state index in [0.29, 0.717) is 23.5 Å². The molecule has 1 saturated heterocycles. The van der Waals surface area contributed by atoms with Crippen LogP contribution in [0.4, 0.5) is 5.95 Å². The lowest BCUT2D eigenvalue weighted by Gasteiger charge is -2.26. The molecule has 4 rings (SSSR count). The van der Waals surface area contributed by atoms with E-state index in [1.165, 1.54) is 5.56 Å². The van der Waals surface area contributed by atoms with Crippen LogP contribution in [0.2, 0.25) is 0 Å². The fourth-order valence-corrected chi connectivity index (χ4v) is 3.53. The molecule has 2 aromatic heterocycles. The minimum atomic E-state index is -0.256. The number of morpholine rings is 1. The van der Waals surface area contributed by atoms with Crippen molar-refractivity contribution < 1.29 is 4.74 Å². The van der Waals surface area contributed by atoms with E-state index in [4.69, 9.17) is 4.74 Å². The third-order valence-electron chi connectivity index (χ3n) is 5.03. The number of rotatable bonds is 5. The monoisotopic (exact) mass is 396 g/mol. The highest BCUT2D eigenvalue weighted by Crippen LogP contribution is 2.19. The molecule has 3 aromatic rings. The van der Waals surface area contributed by atoms with E-state index in [0.717, 1.165) is 38.4 Å². The number of benzene rings is 1. The van der Waals surface area contributed by atoms with Crippen LogP contribution in [0, 0.1) is 0 Å². The molecule has 0 aliphatic carbocycles. The van der Waals surface area contributed by atoms with Gasteiger partial charge in [-0.25, -0.2) is 4.68 Å². The third kappa shape index (κ3) is 4.49. The molecule has 1 fully saturated rings. The van der Waals surface area contributed by atoms with Crippen LogP contribution >= 0.6 is 0 Å². The minimum Gasteiger partial charge on any atom is -0.379 e. The van der Waals surface area contributed by atoms with E-state index < -0.39 is 0 Å². The number of anilines is 1. The quantitative estimate of drug-likeness (QED) is 0.688. The summed E-state index contributed by atoms with van der Waals surface area (Å²) in [6.07, 6.45) is 1.57. The van der Waals surface area contributed by atoms with Crippen molar-refractivity contribution in [3.05, 3.63) is 51.9 Å². The Morgan fingerprint density at radius 1 is 1.21 bits per heavy atom. The lowest BCUT2D eigenvalue weighted by atomic mass is 10.1. The fraction of sp³-hybridized carbons (Fsp3) is 0.476. The van der Waals surface area contributed by atoms with Crippen molar-refractivity contribution in [1.82, 2.24) is 24.6 Å². The number of nitrogens with zero attached hydrogens (tertiary/aromatic N) is 4. The van der Waals surface area contributed by atoms with Crippen molar-refractivity contribution >= 4 is 17.0 Å². The standard InChI is InChI=1S/C21H28N6O2/c1-21(2,3)27-18-17(13-23-27)19(28)25-20(24-18)22-12-15-5-4-6-16(11-15)14-26-7-9-29-10-8-26/h4-6,11,13H,7-10,12,14H2,1-3H3,(H2,22,24,25,28). The van der Waals surface area contributed by atoms with E-state index in [2.05, 4.69) is 49.5 Å². The zero-order chi connectivity index (χ0) is 20.4. The summed E-state index contributed by atoms with van der Waals surface area (Å²) in [5, 5.41) is 8.10. The van der Waals surface area contributed by atoms with Crippen LogP contribution in [0.3, 0.4) is 0 Å². The van der Waals surface area contributed by atoms with E-state index in [9.17, 15) is 4.79 Å². The molecule has 2 N–H and O–H groups in total. The number of nitrogens with one attached hydrogen (secondary N) is 2. The minimum absolute atomic E-state index is 0.186. The van der Waals surface area contributed by atoms with E-state index in [-0.39, 0.29) is 11.1 Å². The molecule has 3 heterocycles. The second-order valence-corrected chi connectivity index (χ2v) is 8.44.